The van der Waals surface area contributed by atoms with Crippen LogP contribution in [-0.2, 0) is 12.6 Å². The van der Waals surface area contributed by atoms with E-state index < -0.39 is 75.4 Å². The van der Waals surface area contributed by atoms with Crippen molar-refractivity contribution in [3.8, 4) is 0 Å². The maximum Gasteiger partial charge on any atom is 0.342 e. The molecule has 0 N–H and O–H groups in total. The van der Waals surface area contributed by atoms with E-state index in [0.29, 0.717) is 5.39 Å². The van der Waals surface area contributed by atoms with Crippen LogP contribution in [0.5, 0.6) is 0 Å². The minimum atomic E-state index is -5.66. The zero-order chi connectivity index (χ0) is 29.9. The zero-order valence-electron chi connectivity index (χ0n) is 20.5. The maximum atomic E-state index is 14.5. The zero-order valence-corrected chi connectivity index (χ0v) is 23.4. The first-order valence-corrected chi connectivity index (χ1v) is 16.1. The molecule has 42 heavy (non-hydrogen) atoms. The molecule has 0 atom stereocenters. The Morgan fingerprint density at radius 2 is 1.21 bits per heavy atom. The Hall–Kier alpha value is -4.15. The third-order valence-electron chi connectivity index (χ3n) is 6.08. The average Bonchev–Trinajstić information content (AvgIpc) is 2.97. The molecule has 0 amide bonds. The highest BCUT2D eigenvalue weighted by Gasteiger charge is 2.43. The van der Waals surface area contributed by atoms with Gasteiger partial charge in [0.05, 0.1) is 10.8 Å². The fourth-order valence-corrected chi connectivity index (χ4v) is 11.2. The van der Waals surface area contributed by atoms with Gasteiger partial charge in [0.1, 0.15) is 16.7 Å². The molecule has 0 saturated heterocycles. The van der Waals surface area contributed by atoms with Gasteiger partial charge in [-0.15, -0.1) is 0 Å². The predicted molar refractivity (Wildman–Crippen MR) is 134 cm³/mol. The summed E-state index contributed by atoms with van der Waals surface area (Å²) >= 11 is -3.99. The number of halogens is 6. The number of hydrogen-bond donors (Lipinski definition) is 0. The molecule has 4 aromatic carbocycles. The van der Waals surface area contributed by atoms with Gasteiger partial charge in [-0.25, -0.2) is 26.7 Å². The van der Waals surface area contributed by atoms with Crippen molar-refractivity contribution >= 4 is 43.0 Å². The monoisotopic (exact) mass is 714 g/mol. The van der Waals surface area contributed by atoms with Crippen molar-refractivity contribution in [2.45, 2.75) is 4.90 Å². The molecule has 0 fully saturated rings. The van der Waals surface area contributed by atoms with Crippen LogP contribution in [0.3, 0.4) is 0 Å². The molecule has 0 saturated carbocycles. The van der Waals surface area contributed by atoms with Gasteiger partial charge in [0, 0.05) is 23.6 Å². The Balaban J connectivity index is 1.58. The molecule has 0 unspecified atom stereocenters. The van der Waals surface area contributed by atoms with E-state index in [-0.39, 0.29) is 34.7 Å². The van der Waals surface area contributed by atoms with Crippen molar-refractivity contribution in [2.24, 2.45) is 0 Å². The molecule has 1 radical (unpaired) electrons. The second kappa shape index (κ2) is 10.3. The molecule has 0 spiro atoms. The predicted octanol–water partition coefficient (Wildman–Crippen LogP) is 2.73. The summed E-state index contributed by atoms with van der Waals surface area (Å²) in [5, 5.41) is 0.658. The van der Waals surface area contributed by atoms with Crippen molar-refractivity contribution in [3.05, 3.63) is 130 Å². The van der Waals surface area contributed by atoms with Crippen molar-refractivity contribution < 1.29 is 62.0 Å². The lowest BCUT2D eigenvalue weighted by Gasteiger charge is -2.10. The van der Waals surface area contributed by atoms with Crippen LogP contribution in [0.25, 0.3) is 32.9 Å². The first-order valence-electron chi connectivity index (χ1n) is 11.6. The number of para-hydroxylation sites is 1. The fraction of sp³-hybridized carbons (Fsp3) is 0. The van der Waals surface area contributed by atoms with Gasteiger partial charge in [-0.05, 0) is 45.0 Å². The highest BCUT2D eigenvalue weighted by atomic mass is 127. The molecule has 2 aromatic heterocycles. The first-order chi connectivity index (χ1) is 20.0. The molecule has 6 aromatic rings. The Morgan fingerprint density at radius 1 is 0.619 bits per heavy atom. The molecule has 14 heteroatoms. The summed E-state index contributed by atoms with van der Waals surface area (Å²) in [6.07, 6.45) is 0. The molecule has 6 rings (SSSR count). The second-order valence-electron chi connectivity index (χ2n) is 8.67. The Morgan fingerprint density at radius 3 is 1.95 bits per heavy atom. The van der Waals surface area contributed by atoms with Crippen molar-refractivity contribution in [2.75, 3.05) is 0 Å². The number of hydrogen-bond acceptors (Lipinski definition) is 7. The first kappa shape index (κ1) is 28.0. The summed E-state index contributed by atoms with van der Waals surface area (Å²) in [4.78, 5) is 22.9. The van der Waals surface area contributed by atoms with Crippen LogP contribution in [0.15, 0.2) is 96.1 Å². The Bertz CT molecular complexity index is 2290. The number of rotatable bonds is 5. The van der Waals surface area contributed by atoms with E-state index in [0.717, 1.165) is 6.07 Å². The third-order valence-corrected chi connectivity index (χ3v) is 13.3. The lowest BCUT2D eigenvalue weighted by Crippen LogP contribution is -3.85. The molecular formula is C28H12F5IO7S+. The minimum absolute atomic E-state index is 0.00540. The van der Waals surface area contributed by atoms with E-state index in [1.165, 1.54) is 48.5 Å². The van der Waals surface area contributed by atoms with Crippen LogP contribution in [0, 0.1) is 36.2 Å². The van der Waals surface area contributed by atoms with Crippen molar-refractivity contribution in [1.29, 1.82) is 0 Å². The molecule has 0 aliphatic heterocycles. The van der Waals surface area contributed by atoms with Crippen molar-refractivity contribution in [3.63, 3.8) is 0 Å². The lowest BCUT2D eigenvalue weighted by atomic mass is 10.1. The standard InChI is InChI=1S/C28H12F5IO7S/c29-22-23(30)25(32)28(26(33)24(22)31)42(37,38)41-34(15-7-5-13-6-10-21(35)40-20(13)12-15)14-8-9-19-17(11-14)27(36)16-3-1-2-4-18(16)39-19/h1-12H/q+1. The van der Waals surface area contributed by atoms with Gasteiger partial charge in [0.2, 0.25) is 11.2 Å². The summed E-state index contributed by atoms with van der Waals surface area (Å²) in [5.74, 6) is -12.7. The third kappa shape index (κ3) is 4.64. The highest BCUT2D eigenvalue weighted by molar-refractivity contribution is 7.86. The summed E-state index contributed by atoms with van der Waals surface area (Å²) < 4.78 is 113. The summed E-state index contributed by atoms with van der Waals surface area (Å²) in [6, 6.07) is 17.0. The largest absolute Gasteiger partial charge is 0.456 e. The normalized spacial score (nSPS) is 12.1. The van der Waals surface area contributed by atoms with Crippen LogP contribution >= 0.6 is 0 Å². The molecule has 0 aliphatic rings. The lowest BCUT2D eigenvalue weighted by molar-refractivity contribution is -1.03. The van der Waals surface area contributed by atoms with E-state index in [1.807, 2.05) is 0 Å². The highest BCUT2D eigenvalue weighted by Crippen LogP contribution is 2.27. The molecule has 0 bridgehead atoms. The molecule has 2 heterocycles. The summed E-state index contributed by atoms with van der Waals surface area (Å²) in [6.45, 7) is 0. The van der Waals surface area contributed by atoms with Gasteiger partial charge in [-0.3, -0.25) is 4.79 Å². The van der Waals surface area contributed by atoms with E-state index in [4.69, 9.17) is 11.3 Å². The van der Waals surface area contributed by atoms with Crippen molar-refractivity contribution in [1.82, 2.24) is 0 Å². The SMILES string of the molecule is O=c1ccc2ccc([I+](OS(=O)(=O)c3c(F)c(F)c(F)c(F)c3F)c3ccc4oc5ccccc5c(=O)c4c3)cc2o1. The van der Waals surface area contributed by atoms with Crippen LogP contribution in [-0.4, -0.2) is 8.42 Å². The molecular weight excluding hydrogens is 702 g/mol. The second-order valence-corrected chi connectivity index (χ2v) is 15.1. The van der Waals surface area contributed by atoms with E-state index in [1.54, 1.807) is 18.2 Å². The number of benzene rings is 4. The van der Waals surface area contributed by atoms with Crippen LogP contribution in [0.2, 0.25) is 0 Å². The topological polar surface area (TPSA) is 104 Å². The minimum Gasteiger partial charge on any atom is -0.456 e. The fourth-order valence-electron chi connectivity index (χ4n) is 4.14. The Labute approximate surface area is 238 Å². The maximum absolute atomic E-state index is 14.5. The quantitative estimate of drug-likeness (QED) is 0.0677. The van der Waals surface area contributed by atoms with Gasteiger partial charge < -0.3 is 8.83 Å². The molecule has 213 valence electrons. The van der Waals surface area contributed by atoms with E-state index in [2.05, 4.69) is 0 Å². The molecule has 0 aliphatic carbocycles. The summed E-state index contributed by atoms with van der Waals surface area (Å²) in [5.41, 5.74) is -0.786. The van der Waals surface area contributed by atoms with Gasteiger partial charge in [0.25, 0.3) is 0 Å². The van der Waals surface area contributed by atoms with Gasteiger partial charge in [0.15, 0.2) is 35.3 Å². The van der Waals surface area contributed by atoms with Crippen LogP contribution < -0.4 is 31.3 Å². The smallest absolute Gasteiger partial charge is 0.342 e. The van der Waals surface area contributed by atoms with Gasteiger partial charge in [-0.1, -0.05) is 12.1 Å². The van der Waals surface area contributed by atoms with Crippen LogP contribution in [0.4, 0.5) is 22.0 Å². The average molecular weight is 714 g/mol. The van der Waals surface area contributed by atoms with Crippen LogP contribution in [0.1, 0.15) is 0 Å². The number of fused-ring (bicyclic) bond motifs is 3. The van der Waals surface area contributed by atoms with E-state index >= 15 is 0 Å². The summed E-state index contributed by atoms with van der Waals surface area (Å²) in [7, 11) is -5.66. The van der Waals surface area contributed by atoms with Gasteiger partial charge >= 0.3 is 36.0 Å². The Kier molecular flexibility index (Phi) is 6.86. The van der Waals surface area contributed by atoms with E-state index in [9.17, 15) is 40.0 Å². The molecule has 7 nitrogen and oxygen atoms in total. The van der Waals surface area contributed by atoms with Gasteiger partial charge in [-0.2, -0.15) is 8.42 Å².